The van der Waals surface area contributed by atoms with Gasteiger partial charge >= 0.3 is 0 Å². The summed E-state index contributed by atoms with van der Waals surface area (Å²) in [7, 11) is -1.98. The highest BCUT2D eigenvalue weighted by molar-refractivity contribution is 6.73. The second-order valence-electron chi connectivity index (χ2n) is 4.27. The number of hydrogen-bond donors (Lipinski definition) is 0. The van der Waals surface area contributed by atoms with E-state index >= 15 is 0 Å². The monoisotopic (exact) mass is 187 g/mol. The number of rotatable bonds is 2. The zero-order valence-electron chi connectivity index (χ0n) is 8.47. The lowest BCUT2D eigenvalue weighted by molar-refractivity contribution is -0.699. The van der Waals surface area contributed by atoms with Gasteiger partial charge in [0.2, 0.25) is 5.87 Å². The molecule has 0 aromatic rings. The average Bonchev–Trinajstić information content (AvgIpc) is 1.84. The molecule has 70 valence electrons. The quantitative estimate of drug-likeness (QED) is 0.288. The summed E-state index contributed by atoms with van der Waals surface area (Å²) in [4.78, 5) is 0.331. The Morgan fingerprint density at radius 1 is 1.42 bits per heavy atom. The third-order valence-corrected chi connectivity index (χ3v) is 6.48. The van der Waals surface area contributed by atoms with Crippen LogP contribution in [0.3, 0.4) is 0 Å². The van der Waals surface area contributed by atoms with Crippen molar-refractivity contribution in [2.24, 2.45) is 0 Å². The Balaban J connectivity index is 4.54. The summed E-state index contributed by atoms with van der Waals surface area (Å²) in [5.41, 5.74) is 0. The van der Waals surface area contributed by atoms with Crippen LogP contribution in [0.5, 0.6) is 0 Å². The maximum Gasteiger partial charge on any atom is 0.231 e. The van der Waals surface area contributed by atoms with Gasteiger partial charge in [0.1, 0.15) is 0 Å². The van der Waals surface area contributed by atoms with Crippen LogP contribution < -0.4 is 0 Å². The van der Waals surface area contributed by atoms with Crippen molar-refractivity contribution in [1.82, 2.24) is 0 Å². The van der Waals surface area contributed by atoms with E-state index in [9.17, 15) is 5.21 Å². The molecule has 0 saturated heterocycles. The molecule has 0 N–H and O–H groups in total. The van der Waals surface area contributed by atoms with E-state index in [4.69, 9.17) is 4.53 Å². The minimum Gasteiger partial charge on any atom is -0.434 e. The van der Waals surface area contributed by atoms with E-state index in [0.29, 0.717) is 4.90 Å². The van der Waals surface area contributed by atoms with Gasteiger partial charge in [-0.15, -0.1) is 0 Å². The lowest BCUT2D eigenvalue weighted by Crippen LogP contribution is -2.42. The Kier molecular flexibility index (Phi) is 3.13. The van der Waals surface area contributed by atoms with Gasteiger partial charge in [0.05, 0.1) is 4.90 Å². The van der Waals surface area contributed by atoms with Gasteiger partial charge in [0.25, 0.3) is 0 Å². The van der Waals surface area contributed by atoms with Crippen LogP contribution in [-0.2, 0) is 4.53 Å². The maximum absolute atomic E-state index is 10.8. The van der Waals surface area contributed by atoms with Crippen molar-refractivity contribution in [2.75, 3.05) is 0 Å². The first-order valence-corrected chi connectivity index (χ1v) is 6.80. The van der Waals surface area contributed by atoms with E-state index in [1.54, 1.807) is 0 Å². The van der Waals surface area contributed by atoms with Gasteiger partial charge in [0.15, 0.2) is 8.32 Å². The van der Waals surface area contributed by atoms with Gasteiger partial charge in [0, 0.05) is 6.58 Å². The predicted octanol–water partition coefficient (Wildman–Crippen LogP) is 2.29. The van der Waals surface area contributed by atoms with Gasteiger partial charge in [-0.3, -0.25) is 5.21 Å². The van der Waals surface area contributed by atoms with Crippen LogP contribution in [0.2, 0.25) is 18.1 Å². The summed E-state index contributed by atoms with van der Waals surface area (Å²) in [6.45, 7) is 13.4. The molecular weight excluding hydrogens is 170 g/mol. The average molecular weight is 187 g/mol. The minimum absolute atomic E-state index is 0.0342. The lowest BCUT2D eigenvalue weighted by atomic mass is 10.2. The standard InChI is InChI=1S/C8H17NO2Si/c1-7-9(10)11-12(5,6)8(2,3)4/h1H2,2-6H3. The van der Waals surface area contributed by atoms with E-state index < -0.39 is 8.32 Å². The fourth-order valence-corrected chi connectivity index (χ4v) is 1.13. The normalized spacial score (nSPS) is 12.1. The Labute approximate surface area is 75.0 Å². The van der Waals surface area contributed by atoms with Gasteiger partial charge in [-0.2, -0.15) is 0 Å². The Bertz CT molecular complexity index is 212. The topological polar surface area (TPSA) is 35.3 Å². The molecule has 0 unspecified atom stereocenters. The summed E-state index contributed by atoms with van der Waals surface area (Å²) in [6.07, 6.45) is 0. The molecule has 0 radical (unpaired) electrons. The van der Waals surface area contributed by atoms with Crippen molar-refractivity contribution in [3.05, 3.63) is 11.8 Å². The molecule has 0 rings (SSSR count). The summed E-state index contributed by atoms with van der Waals surface area (Å²) >= 11 is 0. The van der Waals surface area contributed by atoms with Crippen LogP contribution in [0, 0.1) is 5.21 Å². The van der Waals surface area contributed by atoms with Crippen LogP contribution in [0.15, 0.2) is 6.58 Å². The molecule has 12 heavy (non-hydrogen) atoms. The van der Waals surface area contributed by atoms with E-state index in [2.05, 4.69) is 33.2 Å². The Hall–Kier alpha value is -0.733. The molecule has 0 amide bonds. The molecule has 3 nitrogen and oxygen atoms in total. The van der Waals surface area contributed by atoms with Crippen LogP contribution in [0.4, 0.5) is 0 Å². The molecule has 0 aromatic heterocycles. The molecule has 0 saturated carbocycles. The smallest absolute Gasteiger partial charge is 0.231 e. The predicted molar refractivity (Wildman–Crippen MR) is 52.5 cm³/mol. The van der Waals surface area contributed by atoms with E-state index in [1.807, 2.05) is 13.1 Å². The molecule has 0 aliphatic heterocycles. The highest BCUT2D eigenvalue weighted by Gasteiger charge is 2.36. The maximum atomic E-state index is 10.8. The summed E-state index contributed by atoms with van der Waals surface area (Å²) in [6, 6.07) is 0. The largest absolute Gasteiger partial charge is 0.434 e. The van der Waals surface area contributed by atoms with Crippen LogP contribution in [0.25, 0.3) is 0 Å². The lowest BCUT2D eigenvalue weighted by Gasteiger charge is -2.36. The Morgan fingerprint density at radius 2 is 1.83 bits per heavy atom. The zero-order valence-corrected chi connectivity index (χ0v) is 9.47. The van der Waals surface area contributed by atoms with Gasteiger partial charge in [-0.1, -0.05) is 33.9 Å². The van der Waals surface area contributed by atoms with Gasteiger partial charge < -0.3 is 4.53 Å². The van der Waals surface area contributed by atoms with E-state index in [0.717, 1.165) is 0 Å². The number of hydrogen-bond acceptors (Lipinski definition) is 2. The summed E-state index contributed by atoms with van der Waals surface area (Å²) in [5.74, 6) is 2.13. The van der Waals surface area contributed by atoms with Crippen molar-refractivity contribution in [3.63, 3.8) is 0 Å². The van der Waals surface area contributed by atoms with Gasteiger partial charge in [-0.25, -0.2) is 0 Å². The van der Waals surface area contributed by atoms with Crippen LogP contribution >= 0.6 is 0 Å². The highest BCUT2D eigenvalue weighted by Crippen LogP contribution is 2.36. The molecule has 0 bridgehead atoms. The second kappa shape index (κ2) is 3.33. The molecule has 0 atom stereocenters. The first-order valence-electron chi connectivity index (χ1n) is 3.90. The third-order valence-electron chi connectivity index (χ3n) is 2.25. The first kappa shape index (κ1) is 11.3. The molecule has 4 heteroatoms. The van der Waals surface area contributed by atoms with Crippen molar-refractivity contribution in [2.45, 2.75) is 38.9 Å². The van der Waals surface area contributed by atoms with Crippen LogP contribution in [-0.4, -0.2) is 19.1 Å². The molecule has 0 spiro atoms. The summed E-state index contributed by atoms with van der Waals surface area (Å²) in [5, 5.41) is 10.9. The van der Waals surface area contributed by atoms with Gasteiger partial charge in [-0.05, 0) is 5.04 Å². The summed E-state index contributed by atoms with van der Waals surface area (Å²) < 4.78 is 5.19. The molecule has 0 aliphatic carbocycles. The molecular formula is C8H17NO2Si. The molecule has 0 aliphatic rings. The van der Waals surface area contributed by atoms with Crippen LogP contribution in [0.1, 0.15) is 20.8 Å². The van der Waals surface area contributed by atoms with E-state index in [-0.39, 0.29) is 5.04 Å². The fraction of sp³-hybridized carbons (Fsp3) is 0.750. The van der Waals surface area contributed by atoms with Crippen molar-refractivity contribution in [3.8, 4) is 0 Å². The fourth-order valence-electron chi connectivity index (χ4n) is 0.376. The minimum atomic E-state index is -1.98. The third kappa shape index (κ3) is 2.72. The highest BCUT2D eigenvalue weighted by atomic mass is 28.4. The molecule has 0 aromatic carbocycles. The van der Waals surface area contributed by atoms with Crippen molar-refractivity contribution >= 4 is 14.2 Å². The van der Waals surface area contributed by atoms with Crippen molar-refractivity contribution < 1.29 is 9.43 Å². The SMILES string of the molecule is C=C=[N+]([O-])O[Si](C)(C)C(C)(C)C. The molecule has 0 fully saturated rings. The second-order valence-corrected chi connectivity index (χ2v) is 8.97. The van der Waals surface area contributed by atoms with E-state index in [1.165, 1.54) is 0 Å². The first-order chi connectivity index (χ1) is 5.20. The zero-order chi connectivity index (χ0) is 9.99. The number of nitrogens with zero attached hydrogens (tertiary/aromatic N) is 1. The molecule has 0 heterocycles. The Morgan fingerprint density at radius 3 is 2.08 bits per heavy atom. The van der Waals surface area contributed by atoms with Crippen molar-refractivity contribution in [1.29, 1.82) is 0 Å².